The first-order valence-electron chi connectivity index (χ1n) is 5.05. The number of benzene rings is 1. The molecule has 1 aromatic carbocycles. The van der Waals surface area contributed by atoms with Gasteiger partial charge in [-0.05, 0) is 34.3 Å². The maximum absolute atomic E-state index is 13.3. The molecule has 1 aliphatic rings. The summed E-state index contributed by atoms with van der Waals surface area (Å²) < 4.78 is 26.6. The summed E-state index contributed by atoms with van der Waals surface area (Å²) in [7, 11) is 0. The molecule has 0 amide bonds. The van der Waals surface area contributed by atoms with Crippen LogP contribution in [0, 0.1) is 17.6 Å². The van der Waals surface area contributed by atoms with E-state index in [0.29, 0.717) is 6.54 Å². The summed E-state index contributed by atoms with van der Waals surface area (Å²) in [4.78, 5) is 0. The Labute approximate surface area is 96.0 Å². The van der Waals surface area contributed by atoms with Crippen molar-refractivity contribution in [1.82, 2.24) is 0 Å². The summed E-state index contributed by atoms with van der Waals surface area (Å²) in [5.41, 5.74) is 0.247. The van der Waals surface area contributed by atoms with Gasteiger partial charge in [0.2, 0.25) is 0 Å². The first-order chi connectivity index (χ1) is 7.16. The number of nitrogens with one attached hydrogen (secondary N) is 1. The molecular weight excluding hydrogens is 264 g/mol. The molecule has 0 atom stereocenters. The van der Waals surface area contributed by atoms with Crippen molar-refractivity contribution in [2.75, 3.05) is 11.9 Å². The van der Waals surface area contributed by atoms with Gasteiger partial charge in [0.15, 0.2) is 0 Å². The first kappa shape index (κ1) is 10.9. The van der Waals surface area contributed by atoms with Crippen molar-refractivity contribution in [3.8, 4) is 0 Å². The minimum absolute atomic E-state index is 0.160. The normalized spacial score (nSPS) is 15.4. The number of anilines is 1. The van der Waals surface area contributed by atoms with Gasteiger partial charge in [0.25, 0.3) is 0 Å². The molecule has 1 saturated carbocycles. The van der Waals surface area contributed by atoms with Gasteiger partial charge in [-0.3, -0.25) is 0 Å². The van der Waals surface area contributed by atoms with Crippen molar-refractivity contribution in [2.24, 2.45) is 5.92 Å². The number of hydrogen-bond donors (Lipinski definition) is 1. The van der Waals surface area contributed by atoms with Crippen LogP contribution in [0.15, 0.2) is 16.6 Å². The zero-order valence-electron chi connectivity index (χ0n) is 8.19. The van der Waals surface area contributed by atoms with Gasteiger partial charge in [0, 0.05) is 12.6 Å². The maximum atomic E-state index is 13.3. The molecule has 2 rings (SSSR count). The van der Waals surface area contributed by atoms with Crippen LogP contribution in [-0.4, -0.2) is 6.54 Å². The molecule has 0 aliphatic heterocycles. The van der Waals surface area contributed by atoms with Crippen molar-refractivity contribution in [1.29, 1.82) is 0 Å². The van der Waals surface area contributed by atoms with Gasteiger partial charge in [-0.25, -0.2) is 8.78 Å². The van der Waals surface area contributed by atoms with Gasteiger partial charge < -0.3 is 5.32 Å². The number of hydrogen-bond acceptors (Lipinski definition) is 1. The van der Waals surface area contributed by atoms with Gasteiger partial charge in [-0.15, -0.1) is 0 Å². The van der Waals surface area contributed by atoms with Gasteiger partial charge in [0.05, 0.1) is 10.2 Å². The molecule has 0 spiro atoms. The Morgan fingerprint density at radius 3 is 2.67 bits per heavy atom. The van der Waals surface area contributed by atoms with Crippen molar-refractivity contribution in [3.05, 3.63) is 28.2 Å². The molecular formula is C11H12BrF2N. The lowest BCUT2D eigenvalue weighted by atomic mass is 10.2. The summed E-state index contributed by atoms with van der Waals surface area (Å²) in [6, 6.07) is 2.33. The van der Waals surface area contributed by atoms with Crippen LogP contribution >= 0.6 is 15.9 Å². The van der Waals surface area contributed by atoms with E-state index in [2.05, 4.69) is 21.2 Å². The van der Waals surface area contributed by atoms with Crippen molar-refractivity contribution in [2.45, 2.75) is 19.3 Å². The Kier molecular flexibility index (Phi) is 3.24. The molecule has 0 unspecified atom stereocenters. The molecule has 1 nitrogen and oxygen atoms in total. The van der Waals surface area contributed by atoms with Crippen LogP contribution in [0.5, 0.6) is 0 Å². The van der Waals surface area contributed by atoms with Gasteiger partial charge in [0.1, 0.15) is 11.6 Å². The van der Waals surface area contributed by atoms with E-state index >= 15 is 0 Å². The van der Waals surface area contributed by atoms with Crippen LogP contribution in [-0.2, 0) is 0 Å². The van der Waals surface area contributed by atoms with Gasteiger partial charge in [-0.1, -0.05) is 12.8 Å². The Hall–Kier alpha value is -0.640. The second kappa shape index (κ2) is 4.47. The quantitative estimate of drug-likeness (QED) is 0.821. The Bertz CT molecular complexity index is 364. The lowest BCUT2D eigenvalue weighted by molar-refractivity contribution is 0.595. The highest BCUT2D eigenvalue weighted by atomic mass is 79.9. The SMILES string of the molecule is Fc1cc(NCCC2CC2)c(F)cc1Br. The van der Waals surface area contributed by atoms with Crippen LogP contribution in [0.4, 0.5) is 14.5 Å². The minimum Gasteiger partial charge on any atom is -0.383 e. The molecule has 0 bridgehead atoms. The van der Waals surface area contributed by atoms with E-state index in [1.165, 1.54) is 18.9 Å². The first-order valence-corrected chi connectivity index (χ1v) is 5.84. The third-order valence-corrected chi connectivity index (χ3v) is 3.18. The van der Waals surface area contributed by atoms with Crippen LogP contribution < -0.4 is 5.32 Å². The predicted molar refractivity (Wildman–Crippen MR) is 59.9 cm³/mol. The van der Waals surface area contributed by atoms with Crippen molar-refractivity contribution >= 4 is 21.6 Å². The summed E-state index contributed by atoms with van der Waals surface area (Å²) in [5, 5.41) is 2.92. The van der Waals surface area contributed by atoms with Crippen molar-refractivity contribution in [3.63, 3.8) is 0 Å². The molecule has 4 heteroatoms. The lowest BCUT2D eigenvalue weighted by Crippen LogP contribution is -2.04. The molecule has 1 aromatic rings. The second-order valence-corrected chi connectivity index (χ2v) is 4.76. The molecule has 1 N–H and O–H groups in total. The topological polar surface area (TPSA) is 12.0 Å². The highest BCUT2D eigenvalue weighted by Crippen LogP contribution is 2.32. The smallest absolute Gasteiger partial charge is 0.147 e. The largest absolute Gasteiger partial charge is 0.383 e. The van der Waals surface area contributed by atoms with E-state index < -0.39 is 11.6 Å². The minimum atomic E-state index is -0.440. The van der Waals surface area contributed by atoms with E-state index in [1.54, 1.807) is 0 Å². The molecule has 0 heterocycles. The second-order valence-electron chi connectivity index (χ2n) is 3.90. The lowest BCUT2D eigenvalue weighted by Gasteiger charge is -2.07. The molecule has 15 heavy (non-hydrogen) atoms. The third kappa shape index (κ3) is 2.91. The number of halogens is 3. The van der Waals surface area contributed by atoms with Gasteiger partial charge in [-0.2, -0.15) is 0 Å². The average molecular weight is 276 g/mol. The summed E-state index contributed by atoms with van der Waals surface area (Å²) >= 11 is 2.94. The van der Waals surface area contributed by atoms with E-state index in [-0.39, 0.29) is 10.2 Å². The summed E-state index contributed by atoms with van der Waals surface area (Å²) in [6.45, 7) is 0.711. The monoisotopic (exact) mass is 275 g/mol. The Morgan fingerprint density at radius 2 is 2.00 bits per heavy atom. The Morgan fingerprint density at radius 1 is 1.27 bits per heavy atom. The van der Waals surface area contributed by atoms with E-state index in [1.807, 2.05) is 0 Å². The number of rotatable bonds is 4. The predicted octanol–water partition coefficient (Wildman–Crippen LogP) is 3.94. The average Bonchev–Trinajstić information content (AvgIpc) is 2.97. The molecule has 82 valence electrons. The van der Waals surface area contributed by atoms with Crippen molar-refractivity contribution < 1.29 is 8.78 Å². The Balaban J connectivity index is 1.96. The molecule has 0 aromatic heterocycles. The molecule has 0 saturated heterocycles. The van der Waals surface area contributed by atoms with Crippen LogP contribution in [0.3, 0.4) is 0 Å². The standard InChI is InChI=1S/C11H12BrF2N/c12-8-5-10(14)11(6-9(8)13)15-4-3-7-1-2-7/h5-7,15H,1-4H2. The molecule has 1 fully saturated rings. The summed E-state index contributed by atoms with van der Waals surface area (Å²) in [5.74, 6) is -0.0646. The zero-order valence-corrected chi connectivity index (χ0v) is 9.78. The van der Waals surface area contributed by atoms with E-state index in [4.69, 9.17) is 0 Å². The summed E-state index contributed by atoms with van der Waals surface area (Å²) in [6.07, 6.45) is 3.59. The fourth-order valence-electron chi connectivity index (χ4n) is 1.48. The molecule has 1 aliphatic carbocycles. The van der Waals surface area contributed by atoms with E-state index in [9.17, 15) is 8.78 Å². The zero-order chi connectivity index (χ0) is 10.8. The highest BCUT2D eigenvalue weighted by Gasteiger charge is 2.20. The molecule has 0 radical (unpaired) electrons. The van der Waals surface area contributed by atoms with Crippen LogP contribution in [0.1, 0.15) is 19.3 Å². The maximum Gasteiger partial charge on any atom is 0.147 e. The fourth-order valence-corrected chi connectivity index (χ4v) is 1.79. The van der Waals surface area contributed by atoms with E-state index in [0.717, 1.165) is 18.4 Å². The van der Waals surface area contributed by atoms with Crippen LogP contribution in [0.2, 0.25) is 0 Å². The highest BCUT2D eigenvalue weighted by molar-refractivity contribution is 9.10. The van der Waals surface area contributed by atoms with Gasteiger partial charge >= 0.3 is 0 Å². The van der Waals surface area contributed by atoms with Crippen LogP contribution in [0.25, 0.3) is 0 Å². The fraction of sp³-hybridized carbons (Fsp3) is 0.455. The third-order valence-electron chi connectivity index (χ3n) is 2.57.